The molecule has 0 amide bonds. The molecule has 0 spiro atoms. The molecule has 0 aliphatic heterocycles. The molecule has 0 atom stereocenters. The number of aromatic nitrogens is 4. The molecule has 11 aromatic rings. The van der Waals surface area contributed by atoms with Crippen molar-refractivity contribution in [3.8, 4) is 51.0 Å². The van der Waals surface area contributed by atoms with E-state index in [1.807, 2.05) is 30.3 Å². The van der Waals surface area contributed by atoms with E-state index in [2.05, 4.69) is 168 Å². The Morgan fingerprint density at radius 1 is 0.273 bits per heavy atom. The van der Waals surface area contributed by atoms with Crippen molar-refractivity contribution >= 4 is 54.1 Å². The van der Waals surface area contributed by atoms with Crippen LogP contribution in [0.2, 0.25) is 0 Å². The van der Waals surface area contributed by atoms with E-state index in [0.717, 1.165) is 38.9 Å². The monoisotopic (exact) mass is 700 g/mol. The van der Waals surface area contributed by atoms with Gasteiger partial charge in [0, 0.05) is 33.2 Å². The molecule has 0 aliphatic rings. The third kappa shape index (κ3) is 5.43. The zero-order valence-electron chi connectivity index (χ0n) is 29.8. The van der Waals surface area contributed by atoms with Crippen molar-refractivity contribution in [2.75, 3.05) is 0 Å². The Labute approximate surface area is 317 Å². The Morgan fingerprint density at radius 3 is 1.20 bits per heavy atom. The van der Waals surface area contributed by atoms with Gasteiger partial charge in [0.1, 0.15) is 0 Å². The second-order valence-electron chi connectivity index (χ2n) is 14.1. The van der Waals surface area contributed by atoms with Crippen LogP contribution >= 0.6 is 0 Å². The minimum Gasteiger partial charge on any atom is -0.309 e. The van der Waals surface area contributed by atoms with Gasteiger partial charge < -0.3 is 4.57 Å². The van der Waals surface area contributed by atoms with Gasteiger partial charge in [-0.2, -0.15) is 0 Å². The van der Waals surface area contributed by atoms with Crippen molar-refractivity contribution in [2.45, 2.75) is 0 Å². The normalized spacial score (nSPS) is 11.6. The summed E-state index contributed by atoms with van der Waals surface area (Å²) in [6, 6.07) is 68.9. The first-order valence-electron chi connectivity index (χ1n) is 18.6. The lowest BCUT2D eigenvalue weighted by Gasteiger charge is -2.11. The first kappa shape index (κ1) is 31.1. The largest absolute Gasteiger partial charge is 0.309 e. The Balaban J connectivity index is 0.978. The molecule has 2 heterocycles. The van der Waals surface area contributed by atoms with E-state index in [-0.39, 0.29) is 0 Å². The van der Waals surface area contributed by atoms with Crippen LogP contribution in [0.25, 0.3) is 105 Å². The van der Waals surface area contributed by atoms with Crippen molar-refractivity contribution in [1.29, 1.82) is 0 Å². The lowest BCUT2D eigenvalue weighted by molar-refractivity contribution is 1.07. The minimum atomic E-state index is 0.644. The highest BCUT2D eigenvalue weighted by Gasteiger charge is 2.16. The highest BCUT2D eigenvalue weighted by atomic mass is 15.0. The van der Waals surface area contributed by atoms with Crippen molar-refractivity contribution in [3.63, 3.8) is 0 Å². The average Bonchev–Trinajstić information content (AvgIpc) is 3.56. The quantitative estimate of drug-likeness (QED) is 0.179. The molecule has 0 saturated carbocycles. The van der Waals surface area contributed by atoms with Crippen LogP contribution in [0.5, 0.6) is 0 Å². The van der Waals surface area contributed by atoms with E-state index in [4.69, 9.17) is 15.0 Å². The van der Waals surface area contributed by atoms with Crippen molar-refractivity contribution in [1.82, 2.24) is 19.5 Å². The Hall–Kier alpha value is -7.43. The fourth-order valence-electron chi connectivity index (χ4n) is 7.96. The van der Waals surface area contributed by atoms with Crippen molar-refractivity contribution in [3.05, 3.63) is 194 Å². The molecule has 0 bridgehead atoms. The van der Waals surface area contributed by atoms with Gasteiger partial charge in [-0.3, -0.25) is 0 Å². The molecule has 0 unspecified atom stereocenters. The highest BCUT2D eigenvalue weighted by Crippen LogP contribution is 2.38. The first-order chi connectivity index (χ1) is 27.2. The summed E-state index contributed by atoms with van der Waals surface area (Å²) < 4.78 is 2.41. The van der Waals surface area contributed by atoms with Crippen LogP contribution < -0.4 is 0 Å². The number of fused-ring (bicyclic) bond motifs is 6. The fraction of sp³-hybridized carbons (Fsp3) is 0. The number of nitrogens with zero attached hydrogens (tertiary/aromatic N) is 4. The van der Waals surface area contributed by atoms with Crippen LogP contribution in [0.4, 0.5) is 0 Å². The molecule has 2 aromatic heterocycles. The molecule has 0 fully saturated rings. The molecule has 0 saturated heterocycles. The topological polar surface area (TPSA) is 43.6 Å². The maximum atomic E-state index is 5.01. The summed E-state index contributed by atoms with van der Waals surface area (Å²) in [5, 5.41) is 9.83. The zero-order chi connectivity index (χ0) is 36.3. The standard InChI is InChI=1S/C51H32N4/c1-2-11-36(12-3-1)49-52-50(54-51(53-49)43-23-20-33-10-4-5-13-38(33)28-43)37-21-18-34(19-22-37)35-24-26-44(27-25-35)55-47-31-41-16-8-6-14-39(41)29-45(47)46-30-40-15-7-9-17-42(40)32-48(46)55/h1-32H. The minimum absolute atomic E-state index is 0.644. The van der Waals surface area contributed by atoms with E-state index in [9.17, 15) is 0 Å². The van der Waals surface area contributed by atoms with Gasteiger partial charge in [-0.25, -0.2) is 15.0 Å². The molecule has 0 N–H and O–H groups in total. The van der Waals surface area contributed by atoms with Gasteiger partial charge in [-0.15, -0.1) is 0 Å². The second kappa shape index (κ2) is 12.6. The van der Waals surface area contributed by atoms with Crippen molar-refractivity contribution < 1.29 is 0 Å². The van der Waals surface area contributed by atoms with Gasteiger partial charge in [0.2, 0.25) is 0 Å². The first-order valence-corrected chi connectivity index (χ1v) is 18.6. The van der Waals surface area contributed by atoms with Crippen LogP contribution in [-0.4, -0.2) is 19.5 Å². The zero-order valence-corrected chi connectivity index (χ0v) is 29.8. The van der Waals surface area contributed by atoms with E-state index in [1.165, 1.54) is 48.7 Å². The predicted molar refractivity (Wildman–Crippen MR) is 228 cm³/mol. The van der Waals surface area contributed by atoms with E-state index in [0.29, 0.717) is 17.5 Å². The number of hydrogen-bond donors (Lipinski definition) is 0. The average molecular weight is 701 g/mol. The van der Waals surface area contributed by atoms with Crippen LogP contribution in [0.1, 0.15) is 0 Å². The number of benzene rings is 9. The van der Waals surface area contributed by atoms with Crippen LogP contribution in [0.15, 0.2) is 194 Å². The summed E-state index contributed by atoms with van der Waals surface area (Å²) in [5.74, 6) is 1.95. The molecular weight excluding hydrogens is 669 g/mol. The summed E-state index contributed by atoms with van der Waals surface area (Å²) in [6.45, 7) is 0. The molecular formula is C51H32N4. The number of rotatable bonds is 5. The summed E-state index contributed by atoms with van der Waals surface area (Å²) in [6.07, 6.45) is 0. The Bertz CT molecular complexity index is 3140. The Morgan fingerprint density at radius 2 is 0.655 bits per heavy atom. The van der Waals surface area contributed by atoms with Gasteiger partial charge in [-0.1, -0.05) is 152 Å². The molecule has 256 valence electrons. The Kier molecular flexibility index (Phi) is 7.14. The smallest absolute Gasteiger partial charge is 0.164 e. The SMILES string of the molecule is c1ccc(-c2nc(-c3ccc(-c4ccc(-n5c6cc7ccccc7cc6c6cc7ccccc7cc65)cc4)cc3)nc(-c3ccc4ccccc4c3)n2)cc1. The second-order valence-corrected chi connectivity index (χ2v) is 14.1. The number of hydrogen-bond acceptors (Lipinski definition) is 3. The fourth-order valence-corrected chi connectivity index (χ4v) is 7.96. The van der Waals surface area contributed by atoms with Gasteiger partial charge in [0.05, 0.1) is 11.0 Å². The van der Waals surface area contributed by atoms with Gasteiger partial charge in [0.25, 0.3) is 0 Å². The lowest BCUT2D eigenvalue weighted by Crippen LogP contribution is -2.00. The van der Waals surface area contributed by atoms with Crippen LogP contribution in [0.3, 0.4) is 0 Å². The summed E-state index contributed by atoms with van der Waals surface area (Å²) in [4.78, 5) is 14.9. The van der Waals surface area contributed by atoms with Gasteiger partial charge >= 0.3 is 0 Å². The molecule has 55 heavy (non-hydrogen) atoms. The van der Waals surface area contributed by atoms with Gasteiger partial charge in [0.15, 0.2) is 17.5 Å². The van der Waals surface area contributed by atoms with Gasteiger partial charge in [-0.05, 0) is 85.9 Å². The molecule has 0 aliphatic carbocycles. The third-order valence-electron chi connectivity index (χ3n) is 10.8. The molecule has 9 aromatic carbocycles. The van der Waals surface area contributed by atoms with Crippen LogP contribution in [0, 0.1) is 0 Å². The summed E-state index contributed by atoms with van der Waals surface area (Å²) in [5.41, 5.74) is 8.66. The molecule has 11 rings (SSSR count). The van der Waals surface area contributed by atoms with Crippen molar-refractivity contribution in [2.24, 2.45) is 0 Å². The van der Waals surface area contributed by atoms with E-state index in [1.54, 1.807) is 0 Å². The predicted octanol–water partition coefficient (Wildman–Crippen LogP) is 13.1. The maximum absolute atomic E-state index is 5.01. The highest BCUT2D eigenvalue weighted by molar-refractivity contribution is 6.16. The van der Waals surface area contributed by atoms with E-state index >= 15 is 0 Å². The molecule has 4 nitrogen and oxygen atoms in total. The van der Waals surface area contributed by atoms with E-state index < -0.39 is 0 Å². The summed E-state index contributed by atoms with van der Waals surface area (Å²) in [7, 11) is 0. The third-order valence-corrected chi connectivity index (χ3v) is 10.8. The van der Waals surface area contributed by atoms with Crippen LogP contribution in [-0.2, 0) is 0 Å². The molecule has 0 radical (unpaired) electrons. The molecule has 4 heteroatoms. The summed E-state index contributed by atoms with van der Waals surface area (Å²) >= 11 is 0. The maximum Gasteiger partial charge on any atom is 0.164 e. The lowest BCUT2D eigenvalue weighted by atomic mass is 10.0.